The van der Waals surface area contributed by atoms with Crippen molar-refractivity contribution in [3.63, 3.8) is 0 Å². The minimum absolute atomic E-state index is 0.177. The average Bonchev–Trinajstić information content (AvgIpc) is 3.02. The molecule has 2 aromatic rings. The van der Waals surface area contributed by atoms with Crippen LogP contribution in [-0.4, -0.2) is 59.3 Å². The molecule has 1 amide bonds. The maximum absolute atomic E-state index is 12.8. The van der Waals surface area contributed by atoms with E-state index in [0.29, 0.717) is 31.4 Å². The Hall–Kier alpha value is -1.93. The van der Waals surface area contributed by atoms with Crippen LogP contribution in [0.2, 0.25) is 0 Å². The van der Waals surface area contributed by atoms with Crippen LogP contribution in [0.5, 0.6) is 0 Å². The highest BCUT2D eigenvalue weighted by molar-refractivity contribution is 7.89. The van der Waals surface area contributed by atoms with Crippen molar-refractivity contribution in [1.29, 1.82) is 0 Å². The number of nitrogens with zero attached hydrogens (tertiary/aromatic N) is 4. The van der Waals surface area contributed by atoms with Gasteiger partial charge in [0.25, 0.3) is 0 Å². The first-order chi connectivity index (χ1) is 13.4. The molecule has 1 aromatic heterocycles. The number of fused-ring (bicyclic) bond motifs is 1. The first-order valence-electron chi connectivity index (χ1n) is 10.1. The van der Waals surface area contributed by atoms with Crippen molar-refractivity contribution in [1.82, 2.24) is 18.8 Å². The van der Waals surface area contributed by atoms with Crippen molar-refractivity contribution in [2.75, 3.05) is 26.2 Å². The van der Waals surface area contributed by atoms with Crippen molar-refractivity contribution in [2.24, 2.45) is 7.05 Å². The van der Waals surface area contributed by atoms with E-state index in [1.807, 2.05) is 30.4 Å². The van der Waals surface area contributed by atoms with Gasteiger partial charge in [0, 0.05) is 46.1 Å². The minimum atomic E-state index is -3.51. The lowest BCUT2D eigenvalue weighted by molar-refractivity contribution is -0.132. The number of likely N-dealkylation sites (tertiary alicyclic amines) is 1. The molecule has 3 rings (SSSR count). The predicted octanol–water partition coefficient (Wildman–Crippen LogP) is 2.55. The molecular formula is C20H30N4O3S. The Morgan fingerprint density at radius 1 is 1.14 bits per heavy atom. The van der Waals surface area contributed by atoms with E-state index in [4.69, 9.17) is 0 Å². The summed E-state index contributed by atoms with van der Waals surface area (Å²) in [6.07, 6.45) is 4.36. The van der Waals surface area contributed by atoms with Gasteiger partial charge in [0.2, 0.25) is 15.9 Å². The van der Waals surface area contributed by atoms with Crippen LogP contribution in [0, 0.1) is 0 Å². The fourth-order valence-electron chi connectivity index (χ4n) is 3.85. The zero-order valence-corrected chi connectivity index (χ0v) is 17.8. The normalized spacial score (nSPS) is 15.5. The van der Waals surface area contributed by atoms with Gasteiger partial charge in [-0.3, -0.25) is 4.79 Å². The number of hydrogen-bond acceptors (Lipinski definition) is 4. The van der Waals surface area contributed by atoms with Crippen molar-refractivity contribution in [3.05, 3.63) is 24.0 Å². The zero-order valence-electron chi connectivity index (χ0n) is 17.0. The van der Waals surface area contributed by atoms with Crippen molar-refractivity contribution >= 4 is 27.0 Å². The molecule has 0 radical (unpaired) electrons. The highest BCUT2D eigenvalue weighted by Gasteiger charge is 2.23. The van der Waals surface area contributed by atoms with Gasteiger partial charge in [-0.15, -0.1) is 0 Å². The lowest BCUT2D eigenvalue weighted by Crippen LogP contribution is -2.35. The van der Waals surface area contributed by atoms with Gasteiger partial charge >= 0.3 is 0 Å². The maximum atomic E-state index is 12.8. The molecule has 0 unspecified atom stereocenters. The van der Waals surface area contributed by atoms with Gasteiger partial charge in [-0.1, -0.05) is 13.8 Å². The molecule has 0 N–H and O–H groups in total. The number of benzene rings is 1. The molecular weight excluding hydrogens is 376 g/mol. The van der Waals surface area contributed by atoms with Crippen LogP contribution in [0.4, 0.5) is 0 Å². The molecule has 0 saturated carbocycles. The quantitative estimate of drug-likeness (QED) is 0.708. The van der Waals surface area contributed by atoms with Crippen LogP contribution in [0.25, 0.3) is 11.0 Å². The van der Waals surface area contributed by atoms with Crippen molar-refractivity contribution in [3.8, 4) is 0 Å². The number of aromatic nitrogens is 2. The lowest BCUT2D eigenvalue weighted by Gasteiger charge is -2.26. The van der Waals surface area contributed by atoms with Crippen molar-refractivity contribution < 1.29 is 13.2 Å². The molecule has 0 atom stereocenters. The van der Waals surface area contributed by atoms with Crippen molar-refractivity contribution in [2.45, 2.75) is 50.8 Å². The summed E-state index contributed by atoms with van der Waals surface area (Å²) in [4.78, 5) is 19.3. The maximum Gasteiger partial charge on any atom is 0.243 e. The number of carbonyl (C=O) groups excluding carboxylic acids is 1. The second-order valence-electron chi connectivity index (χ2n) is 7.27. The number of sulfonamides is 1. The molecule has 1 saturated heterocycles. The molecule has 2 heterocycles. The van der Waals surface area contributed by atoms with E-state index >= 15 is 0 Å². The summed E-state index contributed by atoms with van der Waals surface area (Å²) in [5.74, 6) is 0.981. The highest BCUT2D eigenvalue weighted by Crippen LogP contribution is 2.23. The van der Waals surface area contributed by atoms with Crippen LogP contribution in [0.15, 0.2) is 23.1 Å². The SMILES string of the molecule is CCN(CC)S(=O)(=O)c1ccc2c(c1)nc(CCC(=O)N1CCCCC1)n2C. The van der Waals surface area contributed by atoms with E-state index in [0.717, 1.165) is 37.3 Å². The zero-order chi connectivity index (χ0) is 20.3. The van der Waals surface area contributed by atoms with Gasteiger partial charge in [-0.25, -0.2) is 13.4 Å². The van der Waals surface area contributed by atoms with Gasteiger partial charge in [0.1, 0.15) is 5.82 Å². The van der Waals surface area contributed by atoms with E-state index in [2.05, 4.69) is 4.98 Å². The molecule has 1 aliphatic heterocycles. The molecule has 154 valence electrons. The average molecular weight is 407 g/mol. The monoisotopic (exact) mass is 406 g/mol. The Bertz CT molecular complexity index is 942. The molecule has 0 aliphatic carbocycles. The summed E-state index contributed by atoms with van der Waals surface area (Å²) < 4.78 is 28.9. The summed E-state index contributed by atoms with van der Waals surface area (Å²) in [6.45, 7) is 6.24. The fourth-order valence-corrected chi connectivity index (χ4v) is 5.32. The van der Waals surface area contributed by atoms with Gasteiger partial charge < -0.3 is 9.47 Å². The standard InChI is InChI=1S/C20H30N4O3S/c1-4-24(5-2)28(26,27)16-9-10-18-17(15-16)21-19(22(18)3)11-12-20(25)23-13-7-6-8-14-23/h9-10,15H,4-8,11-14H2,1-3H3. The molecule has 0 spiro atoms. The number of rotatable bonds is 7. The summed E-state index contributed by atoms with van der Waals surface area (Å²) in [5.41, 5.74) is 1.52. The van der Waals surface area contributed by atoms with E-state index in [9.17, 15) is 13.2 Å². The third-order valence-corrected chi connectivity index (χ3v) is 7.61. The smallest absolute Gasteiger partial charge is 0.243 e. The van der Waals surface area contributed by atoms with E-state index in [-0.39, 0.29) is 10.8 Å². The van der Waals surface area contributed by atoms with Gasteiger partial charge in [-0.05, 0) is 37.5 Å². The summed E-state index contributed by atoms with van der Waals surface area (Å²) in [6, 6.07) is 5.08. The first-order valence-corrected chi connectivity index (χ1v) is 11.6. The minimum Gasteiger partial charge on any atom is -0.343 e. The summed E-state index contributed by atoms with van der Waals surface area (Å²) in [7, 11) is -1.60. The van der Waals surface area contributed by atoms with Crippen LogP contribution < -0.4 is 0 Å². The number of imidazole rings is 1. The highest BCUT2D eigenvalue weighted by atomic mass is 32.2. The number of carbonyl (C=O) groups is 1. The second-order valence-corrected chi connectivity index (χ2v) is 9.21. The molecule has 1 fully saturated rings. The molecule has 7 nitrogen and oxygen atoms in total. The summed E-state index contributed by atoms with van der Waals surface area (Å²) >= 11 is 0. The Kier molecular flexibility index (Phi) is 6.40. The number of amides is 1. The van der Waals surface area contributed by atoms with E-state index in [1.54, 1.807) is 18.2 Å². The summed E-state index contributed by atoms with van der Waals surface area (Å²) in [5, 5.41) is 0. The number of aryl methyl sites for hydroxylation is 2. The molecule has 1 aliphatic rings. The van der Waals surface area contributed by atoms with Crippen LogP contribution in [-0.2, 0) is 28.3 Å². The Balaban J connectivity index is 1.80. The van der Waals surface area contributed by atoms with E-state index < -0.39 is 10.0 Å². The molecule has 1 aromatic carbocycles. The van der Waals surface area contributed by atoms with Crippen LogP contribution >= 0.6 is 0 Å². The Morgan fingerprint density at radius 2 is 1.82 bits per heavy atom. The number of hydrogen-bond donors (Lipinski definition) is 0. The third kappa shape index (κ3) is 4.07. The molecule has 0 bridgehead atoms. The molecule has 28 heavy (non-hydrogen) atoms. The first kappa shape index (κ1) is 20.8. The lowest BCUT2D eigenvalue weighted by atomic mass is 10.1. The predicted molar refractivity (Wildman–Crippen MR) is 110 cm³/mol. The number of piperidine rings is 1. The van der Waals surface area contributed by atoms with Crippen LogP contribution in [0.1, 0.15) is 45.4 Å². The fraction of sp³-hybridized carbons (Fsp3) is 0.600. The van der Waals surface area contributed by atoms with E-state index in [1.165, 1.54) is 10.7 Å². The van der Waals surface area contributed by atoms with Crippen LogP contribution in [0.3, 0.4) is 0 Å². The van der Waals surface area contributed by atoms with Gasteiger partial charge in [0.05, 0.1) is 15.9 Å². The largest absolute Gasteiger partial charge is 0.343 e. The Labute approximate surface area is 167 Å². The topological polar surface area (TPSA) is 75.5 Å². The third-order valence-electron chi connectivity index (χ3n) is 5.56. The van der Waals surface area contributed by atoms with Gasteiger partial charge in [0.15, 0.2) is 0 Å². The Morgan fingerprint density at radius 3 is 2.46 bits per heavy atom. The van der Waals surface area contributed by atoms with Gasteiger partial charge in [-0.2, -0.15) is 4.31 Å². The molecule has 8 heteroatoms. The second kappa shape index (κ2) is 8.61.